The zero-order valence-electron chi connectivity index (χ0n) is 6.43. The van der Waals surface area contributed by atoms with Gasteiger partial charge in [0.1, 0.15) is 5.76 Å². The molecule has 0 bridgehead atoms. The van der Waals surface area contributed by atoms with E-state index in [1.807, 2.05) is 0 Å². The number of rotatable bonds is 4. The zero-order valence-corrected chi connectivity index (χ0v) is 6.43. The Kier molecular flexibility index (Phi) is 3.39. The average molecular weight is 144 g/mol. The second kappa shape index (κ2) is 3.58. The number of hydrogen-bond donors (Lipinski definition) is 3. The van der Waals surface area contributed by atoms with Gasteiger partial charge in [-0.25, -0.2) is 0 Å². The third-order valence-electron chi connectivity index (χ3n) is 1.56. The summed E-state index contributed by atoms with van der Waals surface area (Å²) in [5.41, 5.74) is 10.2. The van der Waals surface area contributed by atoms with Crippen molar-refractivity contribution in [1.82, 2.24) is 0 Å². The van der Waals surface area contributed by atoms with Crippen molar-refractivity contribution in [3.8, 4) is 0 Å². The lowest BCUT2D eigenvalue weighted by molar-refractivity contribution is 0.296. The molecule has 0 aromatic heterocycles. The highest BCUT2D eigenvalue weighted by molar-refractivity contribution is 5.03. The predicted octanol–water partition coefficient (Wildman–Crippen LogP) is 0.514. The van der Waals surface area contributed by atoms with Crippen molar-refractivity contribution >= 4 is 0 Å². The smallest absolute Gasteiger partial charge is 0.105 e. The van der Waals surface area contributed by atoms with E-state index in [-0.39, 0.29) is 5.76 Å². The maximum Gasteiger partial charge on any atom is 0.105 e. The number of hydrogen-bond acceptors (Lipinski definition) is 3. The van der Waals surface area contributed by atoms with Gasteiger partial charge < -0.3 is 16.6 Å². The Bertz CT molecular complexity index is 121. The molecule has 3 heteroatoms. The van der Waals surface area contributed by atoms with Gasteiger partial charge in [0.25, 0.3) is 0 Å². The first-order chi connectivity index (χ1) is 4.50. The number of aliphatic hydroxyl groups is 1. The molecular formula is C7H16N2O. The molecule has 0 rings (SSSR count). The molecule has 0 aromatic carbocycles. The van der Waals surface area contributed by atoms with Gasteiger partial charge in [-0.1, -0.05) is 6.58 Å². The molecule has 0 spiro atoms. The van der Waals surface area contributed by atoms with E-state index in [1.54, 1.807) is 6.92 Å². The Morgan fingerprint density at radius 2 is 2.20 bits per heavy atom. The fourth-order valence-electron chi connectivity index (χ4n) is 0.614. The normalized spacial score (nSPS) is 16.3. The van der Waals surface area contributed by atoms with Crippen molar-refractivity contribution in [2.75, 3.05) is 6.54 Å². The topological polar surface area (TPSA) is 72.3 Å². The summed E-state index contributed by atoms with van der Waals surface area (Å²) in [5.74, 6) is 0.0287. The van der Waals surface area contributed by atoms with Crippen LogP contribution in [0.1, 0.15) is 19.8 Å². The molecule has 0 aliphatic heterocycles. The minimum Gasteiger partial charge on any atom is -0.511 e. The van der Waals surface area contributed by atoms with Crippen LogP contribution in [0.15, 0.2) is 12.3 Å². The molecule has 1 atom stereocenters. The van der Waals surface area contributed by atoms with Crippen molar-refractivity contribution in [2.24, 2.45) is 11.5 Å². The summed E-state index contributed by atoms with van der Waals surface area (Å²) in [6, 6.07) is 0. The summed E-state index contributed by atoms with van der Waals surface area (Å²) in [6.07, 6.45) is 1.49. The van der Waals surface area contributed by atoms with E-state index in [9.17, 15) is 0 Å². The van der Waals surface area contributed by atoms with Gasteiger partial charge in [0, 0.05) is 0 Å². The Morgan fingerprint density at radius 3 is 2.50 bits per heavy atom. The second-order valence-electron chi connectivity index (χ2n) is 2.76. The van der Waals surface area contributed by atoms with E-state index in [4.69, 9.17) is 16.6 Å². The lowest BCUT2D eigenvalue weighted by Crippen LogP contribution is -2.38. The summed E-state index contributed by atoms with van der Waals surface area (Å²) in [6.45, 7) is 5.71. The van der Waals surface area contributed by atoms with E-state index >= 15 is 0 Å². The van der Waals surface area contributed by atoms with Gasteiger partial charge in [-0.2, -0.15) is 0 Å². The Morgan fingerprint density at radius 1 is 1.70 bits per heavy atom. The van der Waals surface area contributed by atoms with Crippen LogP contribution in [0.3, 0.4) is 0 Å². The van der Waals surface area contributed by atoms with E-state index in [0.717, 1.165) is 6.42 Å². The summed E-state index contributed by atoms with van der Waals surface area (Å²) in [7, 11) is 0. The monoisotopic (exact) mass is 144 g/mol. The lowest BCUT2D eigenvalue weighted by Gasteiger charge is -2.22. The van der Waals surface area contributed by atoms with Gasteiger partial charge in [-0.05, 0) is 26.3 Å². The zero-order chi connectivity index (χ0) is 8.20. The maximum absolute atomic E-state index is 8.95. The van der Waals surface area contributed by atoms with Gasteiger partial charge in [-0.15, -0.1) is 0 Å². The molecule has 0 unspecified atom stereocenters. The van der Waals surface area contributed by atoms with Crippen LogP contribution in [0.25, 0.3) is 0 Å². The first kappa shape index (κ1) is 9.46. The molecular weight excluding hydrogens is 128 g/mol. The van der Waals surface area contributed by atoms with E-state index in [1.165, 1.54) is 0 Å². The molecule has 60 valence electrons. The van der Waals surface area contributed by atoms with Gasteiger partial charge in [0.05, 0.1) is 5.54 Å². The van der Waals surface area contributed by atoms with E-state index in [2.05, 4.69) is 6.58 Å². The SMILES string of the molecule is C=C(O)[C@@](C)(N)CCCN. The van der Waals surface area contributed by atoms with Crippen LogP contribution in [0.2, 0.25) is 0 Å². The van der Waals surface area contributed by atoms with Gasteiger partial charge in [-0.3, -0.25) is 0 Å². The van der Waals surface area contributed by atoms with Crippen molar-refractivity contribution in [1.29, 1.82) is 0 Å². The van der Waals surface area contributed by atoms with E-state index in [0.29, 0.717) is 13.0 Å². The minimum absolute atomic E-state index is 0.0287. The molecule has 0 saturated carbocycles. The highest BCUT2D eigenvalue weighted by Gasteiger charge is 2.20. The third-order valence-corrected chi connectivity index (χ3v) is 1.56. The fourth-order valence-corrected chi connectivity index (χ4v) is 0.614. The molecule has 5 N–H and O–H groups in total. The van der Waals surface area contributed by atoms with E-state index < -0.39 is 5.54 Å². The molecule has 0 fully saturated rings. The Hall–Kier alpha value is -0.540. The van der Waals surface area contributed by atoms with Crippen LogP contribution in [0.5, 0.6) is 0 Å². The van der Waals surface area contributed by atoms with Gasteiger partial charge in [0.15, 0.2) is 0 Å². The predicted molar refractivity (Wildman–Crippen MR) is 42.6 cm³/mol. The molecule has 0 aromatic rings. The fraction of sp³-hybridized carbons (Fsp3) is 0.714. The highest BCUT2D eigenvalue weighted by Crippen LogP contribution is 2.14. The second-order valence-corrected chi connectivity index (χ2v) is 2.76. The quantitative estimate of drug-likeness (QED) is 0.503. The van der Waals surface area contributed by atoms with Gasteiger partial charge >= 0.3 is 0 Å². The molecule has 0 aliphatic carbocycles. The highest BCUT2D eigenvalue weighted by atomic mass is 16.3. The van der Waals surface area contributed by atoms with Crippen LogP contribution >= 0.6 is 0 Å². The molecule has 0 radical (unpaired) electrons. The van der Waals surface area contributed by atoms with Crippen LogP contribution in [-0.4, -0.2) is 17.2 Å². The Labute approximate surface area is 61.7 Å². The molecule has 3 nitrogen and oxygen atoms in total. The van der Waals surface area contributed by atoms with Crippen LogP contribution in [0.4, 0.5) is 0 Å². The first-order valence-corrected chi connectivity index (χ1v) is 3.38. The van der Waals surface area contributed by atoms with Crippen molar-refractivity contribution in [3.63, 3.8) is 0 Å². The van der Waals surface area contributed by atoms with Crippen LogP contribution < -0.4 is 11.5 Å². The lowest BCUT2D eigenvalue weighted by atomic mass is 9.95. The first-order valence-electron chi connectivity index (χ1n) is 3.38. The summed E-state index contributed by atoms with van der Waals surface area (Å²) >= 11 is 0. The minimum atomic E-state index is -0.667. The number of nitrogens with two attached hydrogens (primary N) is 2. The van der Waals surface area contributed by atoms with Crippen molar-refractivity contribution in [3.05, 3.63) is 12.3 Å². The summed E-state index contributed by atoms with van der Waals surface area (Å²) < 4.78 is 0. The third kappa shape index (κ3) is 2.85. The molecule has 10 heavy (non-hydrogen) atoms. The molecule has 0 heterocycles. The van der Waals surface area contributed by atoms with Crippen molar-refractivity contribution in [2.45, 2.75) is 25.3 Å². The molecule has 0 aliphatic rings. The standard InChI is InChI=1S/C7H16N2O/c1-6(10)7(2,9)4-3-5-8/h10H,1,3-5,8-9H2,2H3/t7-/m0/s1. The number of aliphatic hydroxyl groups excluding tert-OH is 1. The summed E-state index contributed by atoms with van der Waals surface area (Å²) in [5, 5.41) is 8.95. The van der Waals surface area contributed by atoms with Crippen LogP contribution in [-0.2, 0) is 0 Å². The Balaban J connectivity index is 3.75. The average Bonchev–Trinajstić information content (AvgIpc) is 1.84. The largest absolute Gasteiger partial charge is 0.511 e. The van der Waals surface area contributed by atoms with Crippen molar-refractivity contribution < 1.29 is 5.11 Å². The molecule has 0 saturated heterocycles. The molecule has 0 amide bonds. The van der Waals surface area contributed by atoms with Crippen LogP contribution in [0, 0.1) is 0 Å². The maximum atomic E-state index is 8.95. The summed E-state index contributed by atoms with van der Waals surface area (Å²) in [4.78, 5) is 0. The van der Waals surface area contributed by atoms with Gasteiger partial charge in [0.2, 0.25) is 0 Å².